The van der Waals surface area contributed by atoms with E-state index in [1.807, 2.05) is 6.07 Å². The molecule has 2 heterocycles. The van der Waals surface area contributed by atoms with Gasteiger partial charge >= 0.3 is 0 Å². The molecule has 0 saturated carbocycles. The highest BCUT2D eigenvalue weighted by atomic mass is 16.3. The fourth-order valence-corrected chi connectivity index (χ4v) is 2.83. The first kappa shape index (κ1) is 9.93. The van der Waals surface area contributed by atoms with Crippen molar-refractivity contribution in [3.8, 4) is 5.75 Å². The molecule has 0 aromatic heterocycles. The summed E-state index contributed by atoms with van der Waals surface area (Å²) in [6.07, 6.45) is 1.11. The van der Waals surface area contributed by atoms with Crippen LogP contribution in [0.2, 0.25) is 0 Å². The van der Waals surface area contributed by atoms with Crippen molar-refractivity contribution in [3.05, 3.63) is 23.8 Å². The monoisotopic (exact) mass is 219 g/mol. The zero-order chi connectivity index (χ0) is 11.1. The third kappa shape index (κ3) is 1.45. The Labute approximate surface area is 94.8 Å². The second kappa shape index (κ2) is 3.64. The number of aromatic hydroxyl groups is 1. The van der Waals surface area contributed by atoms with E-state index in [1.54, 1.807) is 12.1 Å². The number of anilines is 1. The summed E-state index contributed by atoms with van der Waals surface area (Å²) >= 11 is 0. The van der Waals surface area contributed by atoms with Crippen LogP contribution in [0.15, 0.2) is 18.2 Å². The summed E-state index contributed by atoms with van der Waals surface area (Å²) in [5.41, 5.74) is 8.39. The van der Waals surface area contributed by atoms with Crippen molar-refractivity contribution in [1.29, 1.82) is 0 Å². The van der Waals surface area contributed by atoms with Crippen molar-refractivity contribution in [2.24, 2.45) is 11.7 Å². The van der Waals surface area contributed by atoms with Gasteiger partial charge in [0.2, 0.25) is 0 Å². The molecule has 16 heavy (non-hydrogen) atoms. The summed E-state index contributed by atoms with van der Waals surface area (Å²) in [5.74, 6) is 0.710. The predicted octanol–water partition coefficient (Wildman–Crippen LogP) is 0.796. The summed E-state index contributed by atoms with van der Waals surface area (Å²) < 4.78 is 0. The van der Waals surface area contributed by atoms with Crippen LogP contribution in [0.25, 0.3) is 0 Å². The van der Waals surface area contributed by atoms with E-state index in [0.717, 1.165) is 30.8 Å². The normalized spacial score (nSPS) is 32.4. The van der Waals surface area contributed by atoms with Gasteiger partial charge < -0.3 is 21.5 Å². The first-order chi connectivity index (χ1) is 7.75. The SMILES string of the molecule is NC1c2cc(O)ccc2NC2CCNCC21. The fourth-order valence-electron chi connectivity index (χ4n) is 2.83. The van der Waals surface area contributed by atoms with Crippen LogP contribution in [0.3, 0.4) is 0 Å². The smallest absolute Gasteiger partial charge is 0.116 e. The van der Waals surface area contributed by atoms with Gasteiger partial charge in [-0.15, -0.1) is 0 Å². The predicted molar refractivity (Wildman–Crippen MR) is 63.4 cm³/mol. The van der Waals surface area contributed by atoms with Gasteiger partial charge in [-0.1, -0.05) is 0 Å². The Balaban J connectivity index is 2.00. The zero-order valence-electron chi connectivity index (χ0n) is 9.11. The van der Waals surface area contributed by atoms with E-state index in [1.165, 1.54) is 0 Å². The van der Waals surface area contributed by atoms with Gasteiger partial charge in [-0.05, 0) is 36.7 Å². The summed E-state index contributed by atoms with van der Waals surface area (Å²) in [7, 11) is 0. The second-order valence-electron chi connectivity index (χ2n) is 4.70. The van der Waals surface area contributed by atoms with Crippen LogP contribution < -0.4 is 16.4 Å². The van der Waals surface area contributed by atoms with Gasteiger partial charge in [-0.3, -0.25) is 0 Å². The van der Waals surface area contributed by atoms with Gasteiger partial charge in [-0.25, -0.2) is 0 Å². The number of benzene rings is 1. The molecule has 4 nitrogen and oxygen atoms in total. The van der Waals surface area contributed by atoms with Gasteiger partial charge in [-0.2, -0.15) is 0 Å². The molecule has 1 saturated heterocycles. The summed E-state index contributed by atoms with van der Waals surface area (Å²) in [6.45, 7) is 2.00. The Morgan fingerprint density at radius 3 is 3.12 bits per heavy atom. The van der Waals surface area contributed by atoms with E-state index in [0.29, 0.717) is 17.7 Å². The molecular formula is C12H17N3O. The molecule has 5 N–H and O–H groups in total. The van der Waals surface area contributed by atoms with Crippen LogP contribution in [-0.2, 0) is 0 Å². The molecule has 3 atom stereocenters. The van der Waals surface area contributed by atoms with Gasteiger partial charge in [0.25, 0.3) is 0 Å². The number of nitrogens with two attached hydrogens (primary N) is 1. The van der Waals surface area contributed by atoms with E-state index >= 15 is 0 Å². The Kier molecular flexibility index (Phi) is 2.26. The topological polar surface area (TPSA) is 70.3 Å². The molecule has 0 amide bonds. The number of hydrogen-bond donors (Lipinski definition) is 4. The highest BCUT2D eigenvalue weighted by molar-refractivity contribution is 5.58. The summed E-state index contributed by atoms with van der Waals surface area (Å²) in [6, 6.07) is 5.88. The molecule has 1 aromatic carbocycles. The van der Waals surface area contributed by atoms with Crippen molar-refractivity contribution in [2.45, 2.75) is 18.5 Å². The third-order valence-corrected chi connectivity index (χ3v) is 3.73. The number of piperidine rings is 1. The van der Waals surface area contributed by atoms with Crippen LogP contribution in [0.1, 0.15) is 18.0 Å². The van der Waals surface area contributed by atoms with Gasteiger partial charge in [0, 0.05) is 30.2 Å². The Hall–Kier alpha value is -1.26. The van der Waals surface area contributed by atoms with Gasteiger partial charge in [0.15, 0.2) is 0 Å². The standard InChI is InChI=1S/C12H17N3O/c13-12-8-5-7(16)1-2-10(8)15-11-3-4-14-6-9(11)12/h1-2,5,9,11-12,14-16H,3-4,6,13H2. The fraction of sp³-hybridized carbons (Fsp3) is 0.500. The lowest BCUT2D eigenvalue weighted by Crippen LogP contribution is -2.51. The lowest BCUT2D eigenvalue weighted by molar-refractivity contribution is 0.287. The molecule has 0 radical (unpaired) electrons. The van der Waals surface area contributed by atoms with Gasteiger partial charge in [0.1, 0.15) is 5.75 Å². The Bertz CT molecular complexity index is 407. The molecule has 0 bridgehead atoms. The molecule has 2 aliphatic rings. The number of fused-ring (bicyclic) bond motifs is 2. The average Bonchev–Trinajstić information content (AvgIpc) is 2.31. The van der Waals surface area contributed by atoms with E-state index in [2.05, 4.69) is 10.6 Å². The van der Waals surface area contributed by atoms with E-state index in [-0.39, 0.29) is 6.04 Å². The van der Waals surface area contributed by atoms with Crippen molar-refractivity contribution >= 4 is 5.69 Å². The molecule has 0 aliphatic carbocycles. The van der Waals surface area contributed by atoms with E-state index in [4.69, 9.17) is 5.73 Å². The molecule has 1 fully saturated rings. The summed E-state index contributed by atoms with van der Waals surface area (Å²) in [5, 5.41) is 16.4. The van der Waals surface area contributed by atoms with Crippen molar-refractivity contribution in [2.75, 3.05) is 18.4 Å². The number of hydrogen-bond acceptors (Lipinski definition) is 4. The largest absolute Gasteiger partial charge is 0.508 e. The lowest BCUT2D eigenvalue weighted by atomic mass is 9.80. The van der Waals surface area contributed by atoms with Crippen LogP contribution >= 0.6 is 0 Å². The van der Waals surface area contributed by atoms with Crippen molar-refractivity contribution < 1.29 is 5.11 Å². The van der Waals surface area contributed by atoms with Crippen LogP contribution in [0.5, 0.6) is 5.75 Å². The van der Waals surface area contributed by atoms with Crippen molar-refractivity contribution in [1.82, 2.24) is 5.32 Å². The van der Waals surface area contributed by atoms with Crippen LogP contribution in [0, 0.1) is 5.92 Å². The molecule has 4 heteroatoms. The van der Waals surface area contributed by atoms with Crippen LogP contribution in [0.4, 0.5) is 5.69 Å². The molecule has 86 valence electrons. The van der Waals surface area contributed by atoms with E-state index in [9.17, 15) is 5.11 Å². The third-order valence-electron chi connectivity index (χ3n) is 3.73. The maximum absolute atomic E-state index is 9.50. The molecule has 0 spiro atoms. The van der Waals surface area contributed by atoms with Crippen LogP contribution in [-0.4, -0.2) is 24.2 Å². The maximum atomic E-state index is 9.50. The minimum absolute atomic E-state index is 0.0150. The Morgan fingerprint density at radius 2 is 2.25 bits per heavy atom. The number of nitrogens with one attached hydrogen (secondary N) is 2. The zero-order valence-corrected chi connectivity index (χ0v) is 9.11. The molecule has 2 aliphatic heterocycles. The maximum Gasteiger partial charge on any atom is 0.116 e. The minimum Gasteiger partial charge on any atom is -0.508 e. The van der Waals surface area contributed by atoms with Gasteiger partial charge in [0.05, 0.1) is 0 Å². The molecule has 3 unspecified atom stereocenters. The highest BCUT2D eigenvalue weighted by Crippen LogP contribution is 2.38. The second-order valence-corrected chi connectivity index (χ2v) is 4.70. The highest BCUT2D eigenvalue weighted by Gasteiger charge is 2.35. The van der Waals surface area contributed by atoms with E-state index < -0.39 is 0 Å². The Morgan fingerprint density at radius 1 is 1.38 bits per heavy atom. The number of phenols is 1. The number of rotatable bonds is 0. The minimum atomic E-state index is 0.0150. The average molecular weight is 219 g/mol. The first-order valence-electron chi connectivity index (χ1n) is 5.81. The van der Waals surface area contributed by atoms with Crippen molar-refractivity contribution in [3.63, 3.8) is 0 Å². The molecule has 3 rings (SSSR count). The molecular weight excluding hydrogens is 202 g/mol. The molecule has 1 aromatic rings. The quantitative estimate of drug-likeness (QED) is 0.487. The lowest BCUT2D eigenvalue weighted by Gasteiger charge is -2.42. The summed E-state index contributed by atoms with van der Waals surface area (Å²) in [4.78, 5) is 0. The number of phenolic OH excluding ortho intramolecular Hbond substituents is 1. The first-order valence-corrected chi connectivity index (χ1v) is 5.81.